The summed E-state index contributed by atoms with van der Waals surface area (Å²) in [5, 5.41) is 1.15. The van der Waals surface area contributed by atoms with E-state index in [9.17, 15) is 4.79 Å². The van der Waals surface area contributed by atoms with E-state index in [1.165, 1.54) is 12.0 Å². The van der Waals surface area contributed by atoms with Gasteiger partial charge in [0.05, 0.1) is 20.1 Å². The molecule has 20 heavy (non-hydrogen) atoms. The Kier molecular flexibility index (Phi) is 5.86. The largest absolute Gasteiger partial charge is 0.469 e. The number of thiazole rings is 1. The number of thioether (sulfide) groups is 1. The van der Waals surface area contributed by atoms with E-state index < -0.39 is 0 Å². The quantitative estimate of drug-likeness (QED) is 0.782. The average molecular weight is 314 g/mol. The Hall–Kier alpha value is -0.590. The van der Waals surface area contributed by atoms with E-state index in [1.807, 2.05) is 18.0 Å². The SMILES string of the molecule is COC(=O)CC1CSCCN1Cc1ncc(C(C)C)s1. The van der Waals surface area contributed by atoms with Gasteiger partial charge in [-0.3, -0.25) is 9.69 Å². The Morgan fingerprint density at radius 3 is 3.05 bits per heavy atom. The second-order valence-corrected chi connectivity index (χ2v) is 7.59. The van der Waals surface area contributed by atoms with Crippen LogP contribution in [0.5, 0.6) is 0 Å². The van der Waals surface area contributed by atoms with Gasteiger partial charge in [-0.05, 0) is 5.92 Å². The molecule has 112 valence electrons. The molecule has 0 N–H and O–H groups in total. The second kappa shape index (κ2) is 7.43. The van der Waals surface area contributed by atoms with Gasteiger partial charge in [-0.1, -0.05) is 13.8 Å². The third-order valence-electron chi connectivity index (χ3n) is 3.46. The van der Waals surface area contributed by atoms with E-state index in [-0.39, 0.29) is 12.0 Å². The number of rotatable bonds is 5. The summed E-state index contributed by atoms with van der Waals surface area (Å²) in [6, 6.07) is 0.271. The highest BCUT2D eigenvalue weighted by Gasteiger charge is 2.26. The van der Waals surface area contributed by atoms with Gasteiger partial charge in [0.15, 0.2) is 0 Å². The smallest absolute Gasteiger partial charge is 0.307 e. The van der Waals surface area contributed by atoms with E-state index >= 15 is 0 Å². The number of carbonyl (C=O) groups is 1. The summed E-state index contributed by atoms with van der Waals surface area (Å²) in [4.78, 5) is 19.7. The van der Waals surface area contributed by atoms with Crippen molar-refractivity contribution in [1.29, 1.82) is 0 Å². The van der Waals surface area contributed by atoms with Gasteiger partial charge in [0.25, 0.3) is 0 Å². The van der Waals surface area contributed by atoms with Crippen LogP contribution < -0.4 is 0 Å². The zero-order valence-corrected chi connectivity index (χ0v) is 13.9. The molecule has 0 radical (unpaired) electrons. The van der Waals surface area contributed by atoms with Crippen LogP contribution >= 0.6 is 23.1 Å². The highest BCUT2D eigenvalue weighted by molar-refractivity contribution is 7.99. The van der Waals surface area contributed by atoms with Crippen molar-refractivity contribution in [3.63, 3.8) is 0 Å². The number of esters is 1. The molecule has 1 saturated heterocycles. The minimum absolute atomic E-state index is 0.121. The fourth-order valence-corrected chi connectivity index (χ4v) is 4.28. The lowest BCUT2D eigenvalue weighted by Crippen LogP contribution is -2.43. The van der Waals surface area contributed by atoms with Crippen molar-refractivity contribution < 1.29 is 9.53 Å². The Morgan fingerprint density at radius 2 is 2.40 bits per heavy atom. The van der Waals surface area contributed by atoms with Crippen molar-refractivity contribution in [2.75, 3.05) is 25.2 Å². The first kappa shape index (κ1) is 15.8. The van der Waals surface area contributed by atoms with Gasteiger partial charge in [-0.25, -0.2) is 4.98 Å². The van der Waals surface area contributed by atoms with Crippen molar-refractivity contribution in [3.8, 4) is 0 Å². The van der Waals surface area contributed by atoms with Crippen molar-refractivity contribution in [2.24, 2.45) is 0 Å². The van der Waals surface area contributed by atoms with Crippen molar-refractivity contribution in [3.05, 3.63) is 16.1 Å². The molecule has 0 saturated carbocycles. The van der Waals surface area contributed by atoms with Crippen molar-refractivity contribution in [1.82, 2.24) is 9.88 Å². The number of nitrogens with zero attached hydrogens (tertiary/aromatic N) is 2. The van der Waals surface area contributed by atoms with Gasteiger partial charge in [0.1, 0.15) is 5.01 Å². The highest BCUT2D eigenvalue weighted by atomic mass is 32.2. The summed E-state index contributed by atoms with van der Waals surface area (Å²) in [6.45, 7) is 6.24. The predicted octanol–water partition coefficient (Wildman–Crippen LogP) is 2.75. The summed E-state index contributed by atoms with van der Waals surface area (Å²) in [6.07, 6.45) is 2.46. The molecule has 6 heteroatoms. The molecule has 2 heterocycles. The Morgan fingerprint density at radius 1 is 1.60 bits per heavy atom. The van der Waals surface area contributed by atoms with Crippen LogP contribution in [0.4, 0.5) is 0 Å². The minimum Gasteiger partial charge on any atom is -0.469 e. The topological polar surface area (TPSA) is 42.4 Å². The number of aromatic nitrogens is 1. The van der Waals surface area contributed by atoms with Gasteiger partial charge in [0.2, 0.25) is 0 Å². The molecule has 0 bridgehead atoms. The van der Waals surface area contributed by atoms with E-state index in [2.05, 4.69) is 23.7 Å². The molecule has 1 aromatic heterocycles. The molecule has 1 aliphatic heterocycles. The first-order valence-electron chi connectivity index (χ1n) is 6.93. The molecule has 1 unspecified atom stereocenters. The summed E-state index contributed by atoms with van der Waals surface area (Å²) < 4.78 is 4.80. The maximum Gasteiger partial charge on any atom is 0.307 e. The van der Waals surface area contributed by atoms with Crippen LogP contribution in [0, 0.1) is 0 Å². The zero-order chi connectivity index (χ0) is 14.5. The maximum absolute atomic E-state index is 11.5. The van der Waals surface area contributed by atoms with Crippen molar-refractivity contribution in [2.45, 2.75) is 38.8 Å². The van der Waals surface area contributed by atoms with E-state index in [4.69, 9.17) is 4.74 Å². The standard InChI is InChI=1S/C14H22N2O2S2/c1-10(2)12-7-15-13(20-12)8-16-4-5-19-9-11(16)6-14(17)18-3/h7,10-11H,4-6,8-9H2,1-3H3. The number of hydrogen-bond acceptors (Lipinski definition) is 6. The van der Waals surface area contributed by atoms with Gasteiger partial charge in [0, 0.05) is 35.2 Å². The lowest BCUT2D eigenvalue weighted by molar-refractivity contribution is -0.141. The van der Waals surface area contributed by atoms with Crippen LogP contribution in [0.1, 0.15) is 36.1 Å². The van der Waals surface area contributed by atoms with E-state index in [0.29, 0.717) is 12.3 Å². The molecule has 0 amide bonds. The number of hydrogen-bond donors (Lipinski definition) is 0. The molecule has 0 aliphatic carbocycles. The van der Waals surface area contributed by atoms with Gasteiger partial charge >= 0.3 is 5.97 Å². The van der Waals surface area contributed by atoms with E-state index in [0.717, 1.165) is 29.6 Å². The van der Waals surface area contributed by atoms with Crippen LogP contribution in [-0.2, 0) is 16.1 Å². The molecule has 4 nitrogen and oxygen atoms in total. The summed E-state index contributed by atoms with van der Waals surface area (Å²) in [5.41, 5.74) is 0. The molecule has 0 aromatic carbocycles. The third-order valence-corrected chi connectivity index (χ3v) is 5.83. The summed E-state index contributed by atoms with van der Waals surface area (Å²) in [7, 11) is 1.46. The van der Waals surface area contributed by atoms with Gasteiger partial charge < -0.3 is 4.74 Å². The molecule has 1 fully saturated rings. The van der Waals surface area contributed by atoms with Crippen LogP contribution in [0.15, 0.2) is 6.20 Å². The fourth-order valence-electron chi connectivity index (χ4n) is 2.20. The first-order chi connectivity index (χ1) is 9.60. The number of methoxy groups -OCH3 is 1. The zero-order valence-electron chi connectivity index (χ0n) is 12.3. The lowest BCUT2D eigenvalue weighted by atomic mass is 10.2. The third kappa shape index (κ3) is 4.20. The Balaban J connectivity index is 1.98. The molecular formula is C14H22N2O2S2. The predicted molar refractivity (Wildman–Crippen MR) is 84.4 cm³/mol. The fraction of sp³-hybridized carbons (Fsp3) is 0.714. The number of carbonyl (C=O) groups excluding carboxylic acids is 1. The minimum atomic E-state index is -0.121. The van der Waals surface area contributed by atoms with Crippen LogP contribution in [0.3, 0.4) is 0 Å². The molecule has 1 atom stereocenters. The highest BCUT2D eigenvalue weighted by Crippen LogP contribution is 2.26. The summed E-state index contributed by atoms with van der Waals surface area (Å²) >= 11 is 3.70. The normalized spacial score (nSPS) is 20.3. The van der Waals surface area contributed by atoms with Crippen LogP contribution in [0.25, 0.3) is 0 Å². The molecule has 1 aromatic rings. The van der Waals surface area contributed by atoms with Crippen LogP contribution in [-0.4, -0.2) is 47.1 Å². The average Bonchev–Trinajstić information content (AvgIpc) is 2.89. The maximum atomic E-state index is 11.5. The first-order valence-corrected chi connectivity index (χ1v) is 8.90. The number of ether oxygens (including phenoxy) is 1. The van der Waals surface area contributed by atoms with E-state index in [1.54, 1.807) is 11.3 Å². The van der Waals surface area contributed by atoms with Gasteiger partial charge in [-0.15, -0.1) is 11.3 Å². The van der Waals surface area contributed by atoms with Crippen LogP contribution in [0.2, 0.25) is 0 Å². The monoisotopic (exact) mass is 314 g/mol. The Labute approximate surface area is 128 Å². The molecule has 0 spiro atoms. The molecule has 2 rings (SSSR count). The lowest BCUT2D eigenvalue weighted by Gasteiger charge is -2.34. The molecular weight excluding hydrogens is 292 g/mol. The molecule has 1 aliphatic rings. The van der Waals surface area contributed by atoms with Gasteiger partial charge in [-0.2, -0.15) is 11.8 Å². The summed E-state index contributed by atoms with van der Waals surface area (Å²) in [5.74, 6) is 2.53. The second-order valence-electron chi connectivity index (χ2n) is 5.29. The Bertz CT molecular complexity index is 448. The van der Waals surface area contributed by atoms with Crippen molar-refractivity contribution >= 4 is 29.1 Å².